The van der Waals surface area contributed by atoms with Gasteiger partial charge in [0, 0.05) is 18.0 Å². The number of hydrogen-bond donors (Lipinski definition) is 1. The summed E-state index contributed by atoms with van der Waals surface area (Å²) in [5, 5.41) is 3.52. The van der Waals surface area contributed by atoms with Crippen molar-refractivity contribution in [1.82, 2.24) is 19.7 Å². The highest BCUT2D eigenvalue weighted by molar-refractivity contribution is 7.20. The molecule has 5 nitrogen and oxygen atoms in total. The second kappa shape index (κ2) is 5.66. The number of nitrogens with zero attached hydrogens (tertiary/aromatic N) is 4. The van der Waals surface area contributed by atoms with Crippen LogP contribution < -0.4 is 5.73 Å². The molecule has 0 aliphatic heterocycles. The molecule has 0 aromatic carbocycles. The lowest BCUT2D eigenvalue weighted by atomic mass is 10.1. The minimum atomic E-state index is -4.73. The van der Waals surface area contributed by atoms with Crippen LogP contribution in [0, 0.1) is 0 Å². The maximum absolute atomic E-state index is 13.3. The Labute approximate surface area is 141 Å². The van der Waals surface area contributed by atoms with Crippen LogP contribution in [0.3, 0.4) is 0 Å². The van der Waals surface area contributed by atoms with Crippen molar-refractivity contribution in [3.05, 3.63) is 38.9 Å². The van der Waals surface area contributed by atoms with Gasteiger partial charge < -0.3 is 5.73 Å². The van der Waals surface area contributed by atoms with Crippen molar-refractivity contribution in [1.29, 1.82) is 0 Å². The van der Waals surface area contributed by atoms with Gasteiger partial charge in [-0.2, -0.15) is 23.0 Å². The number of thiophene rings is 1. The van der Waals surface area contributed by atoms with Crippen LogP contribution in [0.5, 0.6) is 0 Å². The summed E-state index contributed by atoms with van der Waals surface area (Å²) >= 11 is 12.7. The van der Waals surface area contributed by atoms with E-state index in [2.05, 4.69) is 15.1 Å². The van der Waals surface area contributed by atoms with Crippen LogP contribution in [-0.2, 0) is 6.18 Å². The molecule has 0 atom stereocenters. The van der Waals surface area contributed by atoms with Crippen LogP contribution in [0.2, 0.25) is 8.67 Å². The molecule has 0 aliphatic carbocycles. The quantitative estimate of drug-likeness (QED) is 0.720. The first-order valence-corrected chi connectivity index (χ1v) is 7.54. The lowest BCUT2D eigenvalue weighted by Gasteiger charge is -2.05. The maximum atomic E-state index is 13.3. The summed E-state index contributed by atoms with van der Waals surface area (Å²) in [6.07, 6.45) is -2.00. The van der Waals surface area contributed by atoms with Crippen LogP contribution in [0.1, 0.15) is 5.69 Å². The van der Waals surface area contributed by atoms with E-state index in [9.17, 15) is 13.2 Å². The zero-order chi connectivity index (χ0) is 16.8. The van der Waals surface area contributed by atoms with Crippen LogP contribution >= 0.6 is 34.5 Å². The Balaban J connectivity index is 2.30. The van der Waals surface area contributed by atoms with Gasteiger partial charge >= 0.3 is 6.18 Å². The average molecular weight is 380 g/mol. The molecule has 0 radical (unpaired) electrons. The van der Waals surface area contributed by atoms with Gasteiger partial charge in [-0.15, -0.1) is 11.3 Å². The molecule has 0 amide bonds. The van der Waals surface area contributed by atoms with E-state index in [1.807, 2.05) is 0 Å². The minimum Gasteiger partial charge on any atom is -0.383 e. The molecule has 3 aromatic heterocycles. The largest absolute Gasteiger partial charge is 0.435 e. The predicted molar refractivity (Wildman–Crippen MR) is 81.9 cm³/mol. The first-order chi connectivity index (χ1) is 10.8. The van der Waals surface area contributed by atoms with Crippen LogP contribution in [0.25, 0.3) is 17.1 Å². The summed E-state index contributed by atoms with van der Waals surface area (Å²) in [7, 11) is 0. The Morgan fingerprint density at radius 2 is 1.83 bits per heavy atom. The summed E-state index contributed by atoms with van der Waals surface area (Å²) < 4.78 is 41.2. The predicted octanol–water partition coefficient (Wildman–Crippen LogP) is 4.30. The fourth-order valence-corrected chi connectivity index (χ4v) is 3.44. The molecule has 0 saturated heterocycles. The Hall–Kier alpha value is -1.84. The van der Waals surface area contributed by atoms with Crippen molar-refractivity contribution in [2.45, 2.75) is 6.18 Å². The number of hydrogen-bond acceptors (Lipinski definition) is 5. The molecular formula is C12H6Cl2F3N5S. The Bertz CT molecular complexity index is 860. The molecule has 0 unspecified atom stereocenters. The van der Waals surface area contributed by atoms with Crippen molar-refractivity contribution in [2.24, 2.45) is 0 Å². The molecule has 120 valence electrons. The van der Waals surface area contributed by atoms with Crippen molar-refractivity contribution in [3.63, 3.8) is 0 Å². The van der Waals surface area contributed by atoms with E-state index in [-0.39, 0.29) is 31.6 Å². The van der Waals surface area contributed by atoms with Gasteiger partial charge in [0.2, 0.25) is 0 Å². The highest BCUT2D eigenvalue weighted by Gasteiger charge is 2.40. The molecule has 3 aromatic rings. The van der Waals surface area contributed by atoms with E-state index >= 15 is 0 Å². The van der Waals surface area contributed by atoms with Crippen molar-refractivity contribution in [2.75, 3.05) is 5.73 Å². The third kappa shape index (κ3) is 2.87. The van der Waals surface area contributed by atoms with E-state index in [1.54, 1.807) is 0 Å². The van der Waals surface area contributed by atoms with Crippen molar-refractivity contribution >= 4 is 40.4 Å². The highest BCUT2D eigenvalue weighted by Crippen LogP contribution is 2.46. The van der Waals surface area contributed by atoms with E-state index in [4.69, 9.17) is 28.9 Å². The molecule has 3 rings (SSSR count). The number of aromatic nitrogens is 4. The number of nitrogens with two attached hydrogens (primary N) is 1. The third-order valence-corrected chi connectivity index (χ3v) is 4.34. The average Bonchev–Trinajstić information content (AvgIpc) is 2.99. The molecule has 2 N–H and O–H groups in total. The molecule has 0 saturated carbocycles. The van der Waals surface area contributed by atoms with Crippen molar-refractivity contribution in [3.8, 4) is 17.1 Å². The SMILES string of the molecule is Nc1c(-c2cc(Cl)sc2Cl)c(C(F)(F)F)nn1-c1ncccn1. The summed E-state index contributed by atoms with van der Waals surface area (Å²) in [6.45, 7) is 0. The summed E-state index contributed by atoms with van der Waals surface area (Å²) in [5.74, 6) is -0.362. The molecule has 0 fully saturated rings. The molecular weight excluding hydrogens is 374 g/mol. The zero-order valence-corrected chi connectivity index (χ0v) is 13.3. The molecule has 23 heavy (non-hydrogen) atoms. The molecule has 3 heterocycles. The second-order valence-corrected chi connectivity index (χ2v) is 6.59. The normalized spacial score (nSPS) is 11.9. The number of anilines is 1. The monoisotopic (exact) mass is 379 g/mol. The number of nitrogen functional groups attached to an aromatic ring is 1. The Kier molecular flexibility index (Phi) is 3.95. The standard InChI is InChI=1S/C12H6Cl2F3N5S/c13-6-4-5(9(14)23-6)7-8(12(15,16)17)21-22(10(7)18)11-19-2-1-3-20-11/h1-4H,18H2. The molecule has 0 bridgehead atoms. The van der Waals surface area contributed by atoms with E-state index in [0.717, 1.165) is 16.0 Å². The Morgan fingerprint density at radius 1 is 1.17 bits per heavy atom. The minimum absolute atomic E-state index is 0.0636. The van der Waals surface area contributed by atoms with Gasteiger partial charge in [-0.05, 0) is 12.1 Å². The molecule has 0 spiro atoms. The van der Waals surface area contributed by atoms with E-state index < -0.39 is 11.9 Å². The van der Waals surface area contributed by atoms with Crippen LogP contribution in [0.4, 0.5) is 19.0 Å². The van der Waals surface area contributed by atoms with Gasteiger partial charge in [0.05, 0.1) is 9.90 Å². The van der Waals surface area contributed by atoms with Gasteiger partial charge in [-0.1, -0.05) is 23.2 Å². The fourth-order valence-electron chi connectivity index (χ4n) is 1.96. The molecule has 0 aliphatic rings. The first kappa shape index (κ1) is 16.0. The van der Waals surface area contributed by atoms with Crippen LogP contribution in [-0.4, -0.2) is 19.7 Å². The highest BCUT2D eigenvalue weighted by atomic mass is 35.5. The van der Waals surface area contributed by atoms with Gasteiger partial charge in [-0.3, -0.25) is 0 Å². The maximum Gasteiger partial charge on any atom is 0.435 e. The van der Waals surface area contributed by atoms with Gasteiger partial charge in [0.25, 0.3) is 5.95 Å². The Morgan fingerprint density at radius 3 is 2.35 bits per heavy atom. The zero-order valence-electron chi connectivity index (χ0n) is 11.0. The van der Waals surface area contributed by atoms with Gasteiger partial charge in [-0.25, -0.2) is 9.97 Å². The lowest BCUT2D eigenvalue weighted by molar-refractivity contribution is -0.140. The summed E-state index contributed by atoms with van der Waals surface area (Å²) in [4.78, 5) is 7.71. The van der Waals surface area contributed by atoms with Gasteiger partial charge in [0.15, 0.2) is 5.69 Å². The van der Waals surface area contributed by atoms with E-state index in [0.29, 0.717) is 0 Å². The summed E-state index contributed by atoms with van der Waals surface area (Å²) in [6, 6.07) is 2.83. The van der Waals surface area contributed by atoms with Gasteiger partial charge in [0.1, 0.15) is 10.2 Å². The fraction of sp³-hybridized carbons (Fsp3) is 0.0833. The smallest absolute Gasteiger partial charge is 0.383 e. The van der Waals surface area contributed by atoms with Crippen molar-refractivity contribution < 1.29 is 13.2 Å². The second-order valence-electron chi connectivity index (χ2n) is 4.31. The first-order valence-electron chi connectivity index (χ1n) is 5.97. The molecule has 11 heteroatoms. The number of rotatable bonds is 2. The van der Waals surface area contributed by atoms with Crippen LogP contribution in [0.15, 0.2) is 24.5 Å². The lowest BCUT2D eigenvalue weighted by Crippen LogP contribution is -2.09. The van der Waals surface area contributed by atoms with E-state index in [1.165, 1.54) is 24.5 Å². The summed E-state index contributed by atoms with van der Waals surface area (Å²) in [5.41, 5.74) is 4.40. The third-order valence-electron chi connectivity index (χ3n) is 2.86. The topological polar surface area (TPSA) is 69.6 Å². The number of alkyl halides is 3. The number of halogens is 5.